The molecule has 0 aliphatic heterocycles. The first kappa shape index (κ1) is 28.0. The molecule has 2 aromatic carbocycles. The number of benzene rings is 2. The number of amides is 2. The van der Waals surface area contributed by atoms with Crippen molar-refractivity contribution in [2.24, 2.45) is 0 Å². The smallest absolute Gasteiger partial charge is 0.242 e. The van der Waals surface area contributed by atoms with E-state index in [2.05, 4.69) is 5.32 Å². The highest BCUT2D eigenvalue weighted by atomic mass is 35.5. The predicted octanol–water partition coefficient (Wildman–Crippen LogP) is 4.32. The van der Waals surface area contributed by atoms with Gasteiger partial charge in [-0.25, -0.2) is 8.42 Å². The summed E-state index contributed by atoms with van der Waals surface area (Å²) in [5, 5.41) is 3.32. The van der Waals surface area contributed by atoms with Crippen LogP contribution in [0.1, 0.15) is 36.5 Å². The van der Waals surface area contributed by atoms with E-state index < -0.39 is 16.1 Å². The number of anilines is 1. The molecule has 0 aromatic heterocycles. The minimum atomic E-state index is -3.55. The summed E-state index contributed by atoms with van der Waals surface area (Å²) >= 11 is 12.1. The van der Waals surface area contributed by atoms with E-state index in [-0.39, 0.29) is 37.7 Å². The SMILES string of the molecule is CNC(=O)C(C)N(Cc1ccc(Cl)c(Cl)c1)C(=O)CCCN(c1cc(C)ccc1C)S(C)(=O)=O. The topological polar surface area (TPSA) is 86.8 Å². The number of nitrogens with zero attached hydrogens (tertiary/aromatic N) is 2. The van der Waals surface area contributed by atoms with Crippen molar-refractivity contribution in [2.45, 2.75) is 46.2 Å². The minimum Gasteiger partial charge on any atom is -0.357 e. The maximum Gasteiger partial charge on any atom is 0.242 e. The zero-order valence-corrected chi connectivity index (χ0v) is 22.4. The zero-order chi connectivity index (χ0) is 25.6. The van der Waals surface area contributed by atoms with Crippen LogP contribution in [0.2, 0.25) is 10.0 Å². The van der Waals surface area contributed by atoms with Crippen LogP contribution in [0.5, 0.6) is 0 Å². The summed E-state index contributed by atoms with van der Waals surface area (Å²) in [7, 11) is -2.04. The third kappa shape index (κ3) is 7.35. The Labute approximate surface area is 212 Å². The monoisotopic (exact) mass is 527 g/mol. The lowest BCUT2D eigenvalue weighted by molar-refractivity contribution is -0.140. The van der Waals surface area contributed by atoms with Gasteiger partial charge >= 0.3 is 0 Å². The molecule has 34 heavy (non-hydrogen) atoms. The summed E-state index contributed by atoms with van der Waals surface area (Å²) in [6, 6.07) is 9.94. The van der Waals surface area contributed by atoms with Gasteiger partial charge in [0.1, 0.15) is 6.04 Å². The Bertz CT molecular complexity index is 1150. The van der Waals surface area contributed by atoms with Crippen LogP contribution in [0.25, 0.3) is 0 Å². The number of aryl methyl sites for hydroxylation is 2. The molecule has 10 heteroatoms. The molecule has 0 saturated heterocycles. The average molecular weight is 529 g/mol. The Morgan fingerprint density at radius 1 is 1.06 bits per heavy atom. The molecule has 0 aliphatic rings. The zero-order valence-electron chi connectivity index (χ0n) is 20.1. The molecule has 2 aromatic rings. The largest absolute Gasteiger partial charge is 0.357 e. The normalized spacial score (nSPS) is 12.2. The lowest BCUT2D eigenvalue weighted by Crippen LogP contribution is -2.46. The number of likely N-dealkylation sites (N-methyl/N-ethyl adjacent to an activating group) is 1. The predicted molar refractivity (Wildman–Crippen MR) is 138 cm³/mol. The van der Waals surface area contributed by atoms with Gasteiger partial charge in [-0.1, -0.05) is 41.4 Å². The third-order valence-electron chi connectivity index (χ3n) is 5.54. The van der Waals surface area contributed by atoms with Gasteiger partial charge in [-0.3, -0.25) is 13.9 Å². The van der Waals surface area contributed by atoms with Crippen LogP contribution in [0.15, 0.2) is 36.4 Å². The van der Waals surface area contributed by atoms with E-state index in [4.69, 9.17) is 23.2 Å². The Kier molecular flexibility index (Phi) is 9.79. The average Bonchev–Trinajstić information content (AvgIpc) is 2.77. The molecular weight excluding hydrogens is 497 g/mol. The summed E-state index contributed by atoms with van der Waals surface area (Å²) in [5.74, 6) is -0.571. The molecule has 1 N–H and O–H groups in total. The van der Waals surface area contributed by atoms with Crippen molar-refractivity contribution in [2.75, 3.05) is 24.2 Å². The standard InChI is InChI=1S/C24H31Cl2N3O4S/c1-16-8-9-17(2)22(13-16)29(34(5,32)33)12-6-7-23(30)28(18(3)24(31)27-4)15-19-10-11-20(25)21(26)14-19/h8-11,13-14,18H,6-7,12,15H2,1-5H3,(H,27,31). The highest BCUT2D eigenvalue weighted by Crippen LogP contribution is 2.26. The van der Waals surface area contributed by atoms with E-state index in [1.165, 1.54) is 16.3 Å². The Morgan fingerprint density at radius 2 is 1.74 bits per heavy atom. The maximum atomic E-state index is 13.2. The lowest BCUT2D eigenvalue weighted by Gasteiger charge is -2.29. The molecular formula is C24H31Cl2N3O4S. The number of hydrogen-bond acceptors (Lipinski definition) is 4. The first-order valence-corrected chi connectivity index (χ1v) is 13.5. The highest BCUT2D eigenvalue weighted by Gasteiger charge is 2.26. The summed E-state index contributed by atoms with van der Waals surface area (Å²) in [6.07, 6.45) is 1.51. The molecule has 0 bridgehead atoms. The Balaban J connectivity index is 2.20. The number of nitrogens with one attached hydrogen (secondary N) is 1. The molecule has 1 unspecified atom stereocenters. The van der Waals surface area contributed by atoms with Crippen molar-refractivity contribution in [1.82, 2.24) is 10.2 Å². The van der Waals surface area contributed by atoms with E-state index in [9.17, 15) is 18.0 Å². The van der Waals surface area contributed by atoms with Gasteiger partial charge in [0.2, 0.25) is 21.8 Å². The number of carbonyl (C=O) groups is 2. The fourth-order valence-electron chi connectivity index (χ4n) is 3.60. The number of sulfonamides is 1. The number of halogens is 2. The summed E-state index contributed by atoms with van der Waals surface area (Å²) in [6.45, 7) is 5.70. The molecule has 186 valence electrons. The fourth-order valence-corrected chi connectivity index (χ4v) is 4.93. The summed E-state index contributed by atoms with van der Waals surface area (Å²) < 4.78 is 26.3. The van der Waals surface area contributed by atoms with Gasteiger partial charge < -0.3 is 10.2 Å². The number of rotatable bonds is 10. The van der Waals surface area contributed by atoms with Gasteiger partial charge in [-0.15, -0.1) is 0 Å². The first-order chi connectivity index (χ1) is 15.8. The molecule has 0 aliphatic carbocycles. The quantitative estimate of drug-likeness (QED) is 0.498. The van der Waals surface area contributed by atoms with Gasteiger partial charge in [0, 0.05) is 26.6 Å². The highest BCUT2D eigenvalue weighted by molar-refractivity contribution is 7.92. The van der Waals surface area contributed by atoms with Crippen molar-refractivity contribution in [3.05, 3.63) is 63.1 Å². The van der Waals surface area contributed by atoms with Crippen LogP contribution in [0.4, 0.5) is 5.69 Å². The fraction of sp³-hybridized carbons (Fsp3) is 0.417. The molecule has 2 rings (SSSR count). The molecule has 0 heterocycles. The summed E-state index contributed by atoms with van der Waals surface area (Å²) in [4.78, 5) is 26.9. The van der Waals surface area contributed by atoms with Crippen molar-refractivity contribution >= 4 is 50.7 Å². The van der Waals surface area contributed by atoms with Gasteiger partial charge in [0.25, 0.3) is 0 Å². The van der Waals surface area contributed by atoms with Crippen LogP contribution in [-0.4, -0.2) is 51.0 Å². The van der Waals surface area contributed by atoms with E-state index >= 15 is 0 Å². The van der Waals surface area contributed by atoms with E-state index in [1.807, 2.05) is 32.0 Å². The van der Waals surface area contributed by atoms with E-state index in [1.54, 1.807) is 25.1 Å². The van der Waals surface area contributed by atoms with Crippen molar-refractivity contribution in [1.29, 1.82) is 0 Å². The molecule has 0 radical (unpaired) electrons. The molecule has 0 fully saturated rings. The van der Waals surface area contributed by atoms with E-state index in [0.717, 1.165) is 22.9 Å². The van der Waals surface area contributed by atoms with Crippen LogP contribution < -0.4 is 9.62 Å². The van der Waals surface area contributed by atoms with Crippen LogP contribution in [-0.2, 0) is 26.2 Å². The molecule has 0 spiro atoms. The van der Waals surface area contributed by atoms with Gasteiger partial charge in [-0.05, 0) is 62.1 Å². The minimum absolute atomic E-state index is 0.0690. The van der Waals surface area contributed by atoms with Gasteiger partial charge in [0.15, 0.2) is 0 Å². The van der Waals surface area contributed by atoms with Crippen LogP contribution in [0.3, 0.4) is 0 Å². The lowest BCUT2D eigenvalue weighted by atomic mass is 10.1. The van der Waals surface area contributed by atoms with E-state index in [0.29, 0.717) is 15.7 Å². The second kappa shape index (κ2) is 11.9. The maximum absolute atomic E-state index is 13.2. The Hall–Kier alpha value is -2.29. The van der Waals surface area contributed by atoms with Gasteiger partial charge in [0.05, 0.1) is 22.0 Å². The number of hydrogen-bond donors (Lipinski definition) is 1. The van der Waals surface area contributed by atoms with Crippen molar-refractivity contribution in [3.63, 3.8) is 0 Å². The first-order valence-electron chi connectivity index (χ1n) is 10.8. The van der Waals surface area contributed by atoms with Gasteiger partial charge in [-0.2, -0.15) is 0 Å². The van der Waals surface area contributed by atoms with Crippen LogP contribution >= 0.6 is 23.2 Å². The second-order valence-electron chi connectivity index (χ2n) is 8.29. The van der Waals surface area contributed by atoms with Crippen molar-refractivity contribution in [3.8, 4) is 0 Å². The molecule has 0 saturated carbocycles. The Morgan fingerprint density at radius 3 is 2.32 bits per heavy atom. The molecule has 7 nitrogen and oxygen atoms in total. The molecule has 1 atom stereocenters. The molecule has 2 amide bonds. The third-order valence-corrected chi connectivity index (χ3v) is 7.46. The van der Waals surface area contributed by atoms with Crippen LogP contribution in [0, 0.1) is 13.8 Å². The number of carbonyl (C=O) groups excluding carboxylic acids is 2. The summed E-state index contributed by atoms with van der Waals surface area (Å²) in [5.41, 5.74) is 3.10. The van der Waals surface area contributed by atoms with Crippen molar-refractivity contribution < 1.29 is 18.0 Å². The second-order valence-corrected chi connectivity index (χ2v) is 11.0.